The number of amides is 1. The number of imidazole rings is 1. The van der Waals surface area contributed by atoms with Crippen LogP contribution in [0.3, 0.4) is 0 Å². The van der Waals surface area contributed by atoms with Gasteiger partial charge >= 0.3 is 0 Å². The topological polar surface area (TPSA) is 73.0 Å². The van der Waals surface area contributed by atoms with Crippen LogP contribution in [0.1, 0.15) is 31.2 Å². The van der Waals surface area contributed by atoms with Crippen LogP contribution in [0.4, 0.5) is 0 Å². The molecule has 116 valence electrons. The summed E-state index contributed by atoms with van der Waals surface area (Å²) in [7, 11) is 0. The minimum Gasteiger partial charge on any atom is -0.354 e. The maximum absolute atomic E-state index is 12.2. The zero-order valence-corrected chi connectivity index (χ0v) is 12.7. The minimum atomic E-state index is -0.153. The molecule has 0 saturated carbocycles. The molecule has 3 N–H and O–H groups in total. The van der Waals surface area contributed by atoms with E-state index >= 15 is 0 Å². The number of aromatic nitrogens is 2. The molecule has 0 bridgehead atoms. The molecule has 2 atom stereocenters. The van der Waals surface area contributed by atoms with Gasteiger partial charge in [0.2, 0.25) is 5.91 Å². The molecule has 1 amide bonds. The van der Waals surface area contributed by atoms with Crippen LogP contribution in [-0.4, -0.2) is 53.0 Å². The fourth-order valence-corrected chi connectivity index (χ4v) is 3.22. The van der Waals surface area contributed by atoms with Crippen molar-refractivity contribution in [1.82, 2.24) is 25.5 Å². The van der Waals surface area contributed by atoms with Crippen molar-refractivity contribution in [3.05, 3.63) is 17.7 Å². The van der Waals surface area contributed by atoms with Crippen LogP contribution >= 0.6 is 0 Å². The molecular formula is C15H25N5O. The maximum atomic E-state index is 12.2. The lowest BCUT2D eigenvalue weighted by Gasteiger charge is -2.24. The molecule has 0 aliphatic carbocycles. The van der Waals surface area contributed by atoms with Gasteiger partial charge in [-0.05, 0) is 31.8 Å². The van der Waals surface area contributed by atoms with Crippen molar-refractivity contribution in [2.45, 2.75) is 38.8 Å². The smallest absolute Gasteiger partial charge is 0.237 e. The Balaban J connectivity index is 1.42. The SMILES string of the molecule is CC(CNC(=O)C1Cc2nc[nH]c2CN1)CN1CCCC1. The number of carbonyl (C=O) groups excluding carboxylic acids is 1. The Morgan fingerprint density at radius 1 is 1.52 bits per heavy atom. The Morgan fingerprint density at radius 2 is 2.33 bits per heavy atom. The number of likely N-dealkylation sites (tertiary alicyclic amines) is 1. The highest BCUT2D eigenvalue weighted by Gasteiger charge is 2.26. The third-order valence-corrected chi connectivity index (χ3v) is 4.44. The average Bonchev–Trinajstić information content (AvgIpc) is 3.14. The Bertz CT molecular complexity index is 480. The number of rotatable bonds is 5. The van der Waals surface area contributed by atoms with E-state index in [4.69, 9.17) is 0 Å². The van der Waals surface area contributed by atoms with Crippen molar-refractivity contribution in [3.8, 4) is 0 Å². The van der Waals surface area contributed by atoms with Crippen LogP contribution in [0.5, 0.6) is 0 Å². The van der Waals surface area contributed by atoms with E-state index in [0.29, 0.717) is 18.9 Å². The van der Waals surface area contributed by atoms with Gasteiger partial charge in [-0.25, -0.2) is 4.98 Å². The first-order valence-electron chi connectivity index (χ1n) is 7.97. The Kier molecular flexibility index (Phi) is 4.55. The average molecular weight is 291 g/mol. The molecule has 3 rings (SSSR count). The summed E-state index contributed by atoms with van der Waals surface area (Å²) in [5, 5.41) is 6.35. The fourth-order valence-electron chi connectivity index (χ4n) is 3.22. The molecule has 6 nitrogen and oxygen atoms in total. The third-order valence-electron chi connectivity index (χ3n) is 4.44. The number of hydrogen-bond acceptors (Lipinski definition) is 4. The third kappa shape index (κ3) is 3.63. The predicted octanol–water partition coefficient (Wildman–Crippen LogP) is 0.272. The van der Waals surface area contributed by atoms with Gasteiger partial charge in [0.1, 0.15) is 0 Å². The highest BCUT2D eigenvalue weighted by atomic mass is 16.2. The number of carbonyl (C=O) groups is 1. The largest absolute Gasteiger partial charge is 0.354 e. The van der Waals surface area contributed by atoms with Gasteiger partial charge in [-0.1, -0.05) is 6.92 Å². The van der Waals surface area contributed by atoms with Crippen molar-refractivity contribution in [2.24, 2.45) is 5.92 Å². The lowest BCUT2D eigenvalue weighted by molar-refractivity contribution is -0.123. The number of aromatic amines is 1. The first-order chi connectivity index (χ1) is 10.2. The number of nitrogens with zero attached hydrogens (tertiary/aromatic N) is 2. The van der Waals surface area contributed by atoms with Crippen LogP contribution < -0.4 is 10.6 Å². The van der Waals surface area contributed by atoms with Gasteiger partial charge in [0.15, 0.2) is 0 Å². The van der Waals surface area contributed by atoms with Gasteiger partial charge in [-0.3, -0.25) is 10.1 Å². The molecular weight excluding hydrogens is 266 g/mol. The second-order valence-electron chi connectivity index (χ2n) is 6.32. The molecule has 0 radical (unpaired) electrons. The molecule has 2 aliphatic rings. The first-order valence-corrected chi connectivity index (χ1v) is 7.97. The first kappa shape index (κ1) is 14.5. The zero-order chi connectivity index (χ0) is 14.7. The van der Waals surface area contributed by atoms with Gasteiger partial charge in [0.25, 0.3) is 0 Å². The van der Waals surface area contributed by atoms with E-state index in [0.717, 1.165) is 24.5 Å². The fraction of sp³-hybridized carbons (Fsp3) is 0.733. The number of H-pyrrole nitrogens is 1. The molecule has 1 aromatic heterocycles. The van der Waals surface area contributed by atoms with Gasteiger partial charge in [-0.2, -0.15) is 0 Å². The minimum absolute atomic E-state index is 0.0944. The summed E-state index contributed by atoms with van der Waals surface area (Å²) in [6.45, 7) is 7.16. The molecule has 21 heavy (non-hydrogen) atoms. The van der Waals surface area contributed by atoms with Crippen molar-refractivity contribution < 1.29 is 4.79 Å². The summed E-state index contributed by atoms with van der Waals surface area (Å²) in [6.07, 6.45) is 5.00. The summed E-state index contributed by atoms with van der Waals surface area (Å²) in [5.41, 5.74) is 2.11. The van der Waals surface area contributed by atoms with Gasteiger partial charge < -0.3 is 15.2 Å². The maximum Gasteiger partial charge on any atom is 0.237 e. The van der Waals surface area contributed by atoms with Crippen molar-refractivity contribution in [2.75, 3.05) is 26.2 Å². The molecule has 0 aromatic carbocycles. The number of nitrogens with one attached hydrogen (secondary N) is 3. The second kappa shape index (κ2) is 6.58. The van der Waals surface area contributed by atoms with E-state index in [2.05, 4.69) is 32.4 Å². The van der Waals surface area contributed by atoms with Crippen LogP contribution in [0.25, 0.3) is 0 Å². The van der Waals surface area contributed by atoms with Gasteiger partial charge in [-0.15, -0.1) is 0 Å². The van der Waals surface area contributed by atoms with E-state index in [1.165, 1.54) is 25.9 Å². The molecule has 2 unspecified atom stereocenters. The molecule has 3 heterocycles. The predicted molar refractivity (Wildman–Crippen MR) is 80.8 cm³/mol. The quantitative estimate of drug-likeness (QED) is 0.728. The van der Waals surface area contributed by atoms with Crippen LogP contribution in [0.15, 0.2) is 6.33 Å². The summed E-state index contributed by atoms with van der Waals surface area (Å²) in [6, 6.07) is -0.153. The van der Waals surface area contributed by atoms with E-state index in [1.807, 2.05) is 0 Å². The standard InChI is InChI=1S/C15H25N5O/c1-11(9-20-4-2-3-5-20)7-17-15(21)13-6-12-14(8-16-13)19-10-18-12/h10-11,13,16H,2-9H2,1H3,(H,17,21)(H,18,19). The monoisotopic (exact) mass is 291 g/mol. The molecule has 1 saturated heterocycles. The lowest BCUT2D eigenvalue weighted by atomic mass is 10.0. The lowest BCUT2D eigenvalue weighted by Crippen LogP contribution is -2.49. The summed E-state index contributed by atoms with van der Waals surface area (Å²) >= 11 is 0. The van der Waals surface area contributed by atoms with Crippen LogP contribution in [0, 0.1) is 5.92 Å². The Labute approximate surface area is 125 Å². The number of hydrogen-bond donors (Lipinski definition) is 3. The highest BCUT2D eigenvalue weighted by molar-refractivity contribution is 5.82. The summed E-state index contributed by atoms with van der Waals surface area (Å²) in [4.78, 5) is 22.1. The van der Waals surface area contributed by atoms with Crippen molar-refractivity contribution in [1.29, 1.82) is 0 Å². The van der Waals surface area contributed by atoms with E-state index in [-0.39, 0.29) is 11.9 Å². The van der Waals surface area contributed by atoms with E-state index in [1.54, 1.807) is 6.33 Å². The van der Waals surface area contributed by atoms with Gasteiger partial charge in [0.05, 0.1) is 23.8 Å². The van der Waals surface area contributed by atoms with Crippen molar-refractivity contribution in [3.63, 3.8) is 0 Å². The van der Waals surface area contributed by atoms with Crippen LogP contribution in [0.2, 0.25) is 0 Å². The molecule has 0 spiro atoms. The summed E-state index contributed by atoms with van der Waals surface area (Å²) in [5.74, 6) is 0.591. The van der Waals surface area contributed by atoms with E-state index < -0.39 is 0 Å². The highest BCUT2D eigenvalue weighted by Crippen LogP contribution is 2.13. The van der Waals surface area contributed by atoms with Crippen LogP contribution in [-0.2, 0) is 17.8 Å². The molecule has 1 aromatic rings. The Hall–Kier alpha value is -1.40. The molecule has 6 heteroatoms. The molecule has 1 fully saturated rings. The molecule has 2 aliphatic heterocycles. The van der Waals surface area contributed by atoms with Crippen molar-refractivity contribution >= 4 is 5.91 Å². The summed E-state index contributed by atoms with van der Waals surface area (Å²) < 4.78 is 0. The van der Waals surface area contributed by atoms with Gasteiger partial charge in [0, 0.05) is 26.1 Å². The normalized spacial score (nSPS) is 23.8. The zero-order valence-electron chi connectivity index (χ0n) is 12.7. The van der Waals surface area contributed by atoms with E-state index in [9.17, 15) is 4.79 Å². The number of fused-ring (bicyclic) bond motifs is 1. The second-order valence-corrected chi connectivity index (χ2v) is 6.32. The Morgan fingerprint density at radius 3 is 3.14 bits per heavy atom.